The average Bonchev–Trinajstić information content (AvgIpc) is 2.27. The molecule has 0 spiro atoms. The van der Waals surface area contributed by atoms with Crippen LogP contribution >= 0.6 is 34.8 Å². The Balaban J connectivity index is 2.29. The molecule has 0 aliphatic carbocycles. The number of benzene rings is 1. The van der Waals surface area contributed by atoms with E-state index in [-0.39, 0.29) is 21.0 Å². The van der Waals surface area contributed by atoms with Crippen molar-refractivity contribution in [2.24, 2.45) is 0 Å². The van der Waals surface area contributed by atoms with Gasteiger partial charge in [-0.05, 0) is 31.5 Å². The van der Waals surface area contributed by atoms with Gasteiger partial charge in [0.05, 0.1) is 10.0 Å². The number of hydrogen-bond donors (Lipinski definition) is 2. The second-order valence-corrected chi connectivity index (χ2v) is 7.26. The number of hydrogen-bond acceptors (Lipinski definition) is 3. The van der Waals surface area contributed by atoms with E-state index in [2.05, 4.69) is 10.0 Å². The van der Waals surface area contributed by atoms with E-state index in [1.54, 1.807) is 0 Å². The van der Waals surface area contributed by atoms with Gasteiger partial charge in [0, 0.05) is 17.6 Å². The van der Waals surface area contributed by atoms with Gasteiger partial charge in [-0.25, -0.2) is 13.1 Å². The molecule has 1 aliphatic rings. The number of rotatable bonds is 3. The van der Waals surface area contributed by atoms with Gasteiger partial charge in [-0.1, -0.05) is 34.8 Å². The van der Waals surface area contributed by atoms with E-state index in [0.717, 1.165) is 19.4 Å². The second kappa shape index (κ2) is 6.16. The maximum atomic E-state index is 12.3. The molecular weight excluding hydrogens is 331 g/mol. The molecule has 1 saturated heterocycles. The highest BCUT2D eigenvalue weighted by atomic mass is 35.5. The van der Waals surface area contributed by atoms with E-state index in [0.29, 0.717) is 11.6 Å². The minimum atomic E-state index is -3.75. The molecule has 19 heavy (non-hydrogen) atoms. The summed E-state index contributed by atoms with van der Waals surface area (Å²) in [6.45, 7) is 1.50. The minimum Gasteiger partial charge on any atom is -0.315 e. The van der Waals surface area contributed by atoms with E-state index < -0.39 is 10.0 Å². The molecular formula is C11H13Cl3N2O2S. The third-order valence-corrected chi connectivity index (χ3v) is 5.51. The lowest BCUT2D eigenvalue weighted by atomic mass is 10.1. The van der Waals surface area contributed by atoms with Crippen molar-refractivity contribution in [1.29, 1.82) is 0 Å². The molecule has 1 aromatic rings. The normalized spacial score (nSPS) is 20.5. The first-order chi connectivity index (χ1) is 8.90. The third-order valence-electron chi connectivity index (χ3n) is 2.85. The van der Waals surface area contributed by atoms with Gasteiger partial charge in [0.2, 0.25) is 10.0 Å². The molecule has 0 aromatic heterocycles. The first-order valence-electron chi connectivity index (χ1n) is 5.78. The second-order valence-electron chi connectivity index (χ2n) is 4.36. The fraction of sp³-hybridized carbons (Fsp3) is 0.455. The predicted octanol–water partition coefficient (Wildman–Crippen LogP) is 2.68. The summed E-state index contributed by atoms with van der Waals surface area (Å²) in [5.41, 5.74) is 0. The smallest absolute Gasteiger partial charge is 0.243 e. The van der Waals surface area contributed by atoms with E-state index in [9.17, 15) is 8.42 Å². The molecule has 106 valence electrons. The first kappa shape index (κ1) is 15.4. The topological polar surface area (TPSA) is 58.2 Å². The summed E-state index contributed by atoms with van der Waals surface area (Å²) in [6.07, 6.45) is 1.71. The Labute approximate surface area is 127 Å². The molecule has 0 radical (unpaired) electrons. The fourth-order valence-electron chi connectivity index (χ4n) is 2.02. The van der Waals surface area contributed by atoms with Crippen molar-refractivity contribution >= 4 is 44.8 Å². The lowest BCUT2D eigenvalue weighted by Crippen LogP contribution is -2.45. The Morgan fingerprint density at radius 2 is 1.84 bits per heavy atom. The van der Waals surface area contributed by atoms with Crippen LogP contribution in [0.1, 0.15) is 12.8 Å². The van der Waals surface area contributed by atoms with Crippen LogP contribution in [0.3, 0.4) is 0 Å². The van der Waals surface area contributed by atoms with Gasteiger partial charge in [0.25, 0.3) is 0 Å². The van der Waals surface area contributed by atoms with Crippen molar-refractivity contribution in [2.45, 2.75) is 23.8 Å². The molecule has 0 saturated carbocycles. The first-order valence-corrected chi connectivity index (χ1v) is 8.39. The van der Waals surface area contributed by atoms with Gasteiger partial charge in [0.15, 0.2) is 0 Å². The lowest BCUT2D eigenvalue weighted by molar-refractivity contribution is 0.428. The number of nitrogens with one attached hydrogen (secondary N) is 2. The standard InChI is InChI=1S/C11H13Cl3N2O2S/c12-7-4-9(13)11(10(14)5-7)19(17,18)16-8-2-1-3-15-6-8/h4-5,8,15-16H,1-3,6H2. The molecule has 4 nitrogen and oxygen atoms in total. The summed E-state index contributed by atoms with van der Waals surface area (Å²) in [7, 11) is -3.75. The Morgan fingerprint density at radius 3 is 2.37 bits per heavy atom. The summed E-state index contributed by atoms with van der Waals surface area (Å²) in [6, 6.07) is 2.58. The van der Waals surface area contributed by atoms with Crippen molar-refractivity contribution < 1.29 is 8.42 Å². The maximum absolute atomic E-state index is 12.3. The predicted molar refractivity (Wildman–Crippen MR) is 77.7 cm³/mol. The molecule has 0 amide bonds. The molecule has 1 fully saturated rings. The maximum Gasteiger partial charge on any atom is 0.243 e. The van der Waals surface area contributed by atoms with E-state index in [4.69, 9.17) is 34.8 Å². The average molecular weight is 344 g/mol. The lowest BCUT2D eigenvalue weighted by Gasteiger charge is -2.24. The van der Waals surface area contributed by atoms with E-state index in [1.165, 1.54) is 12.1 Å². The summed E-state index contributed by atoms with van der Waals surface area (Å²) < 4.78 is 27.2. The monoisotopic (exact) mass is 342 g/mol. The minimum absolute atomic E-state index is 0.0220. The summed E-state index contributed by atoms with van der Waals surface area (Å²) >= 11 is 17.6. The molecule has 0 bridgehead atoms. The van der Waals surface area contributed by atoms with Crippen molar-refractivity contribution in [2.75, 3.05) is 13.1 Å². The van der Waals surface area contributed by atoms with Crippen LogP contribution in [0, 0.1) is 0 Å². The SMILES string of the molecule is O=S(=O)(NC1CCCNC1)c1c(Cl)cc(Cl)cc1Cl. The zero-order chi connectivity index (χ0) is 14.0. The molecule has 2 N–H and O–H groups in total. The van der Waals surface area contributed by atoms with Gasteiger partial charge in [-0.15, -0.1) is 0 Å². The Morgan fingerprint density at radius 1 is 1.21 bits per heavy atom. The van der Waals surface area contributed by atoms with Gasteiger partial charge in [-0.3, -0.25) is 0 Å². The highest BCUT2D eigenvalue weighted by Gasteiger charge is 2.26. The Bertz CT molecular complexity index is 548. The highest BCUT2D eigenvalue weighted by Crippen LogP contribution is 2.32. The molecule has 2 rings (SSSR count). The Kier molecular flexibility index (Phi) is 4.98. The number of sulfonamides is 1. The van der Waals surface area contributed by atoms with Gasteiger partial charge in [0.1, 0.15) is 4.90 Å². The van der Waals surface area contributed by atoms with E-state index in [1.807, 2.05) is 0 Å². The summed E-state index contributed by atoms with van der Waals surface area (Å²) in [4.78, 5) is -0.120. The summed E-state index contributed by atoms with van der Waals surface area (Å²) in [5.74, 6) is 0. The van der Waals surface area contributed by atoms with Crippen molar-refractivity contribution in [3.8, 4) is 0 Å². The number of halogens is 3. The quantitative estimate of drug-likeness (QED) is 0.887. The van der Waals surface area contributed by atoms with Crippen LogP contribution in [-0.4, -0.2) is 27.5 Å². The van der Waals surface area contributed by atoms with Crippen molar-refractivity contribution in [3.63, 3.8) is 0 Å². The van der Waals surface area contributed by atoms with Crippen LogP contribution in [0.15, 0.2) is 17.0 Å². The molecule has 1 heterocycles. The molecule has 1 aromatic carbocycles. The van der Waals surface area contributed by atoms with Gasteiger partial charge < -0.3 is 5.32 Å². The zero-order valence-corrected chi connectivity index (χ0v) is 13.0. The fourth-order valence-corrected chi connectivity index (χ4v) is 4.83. The zero-order valence-electron chi connectivity index (χ0n) is 9.92. The third kappa shape index (κ3) is 3.74. The van der Waals surface area contributed by atoms with Gasteiger partial charge >= 0.3 is 0 Å². The van der Waals surface area contributed by atoms with Crippen LogP contribution in [0.5, 0.6) is 0 Å². The van der Waals surface area contributed by atoms with Crippen molar-refractivity contribution in [1.82, 2.24) is 10.0 Å². The van der Waals surface area contributed by atoms with Gasteiger partial charge in [-0.2, -0.15) is 0 Å². The van der Waals surface area contributed by atoms with Crippen LogP contribution < -0.4 is 10.0 Å². The largest absolute Gasteiger partial charge is 0.315 e. The van der Waals surface area contributed by atoms with Crippen LogP contribution in [0.4, 0.5) is 0 Å². The molecule has 1 unspecified atom stereocenters. The van der Waals surface area contributed by atoms with Crippen LogP contribution in [0.2, 0.25) is 15.1 Å². The molecule has 8 heteroatoms. The molecule has 1 aliphatic heterocycles. The van der Waals surface area contributed by atoms with Crippen molar-refractivity contribution in [3.05, 3.63) is 27.2 Å². The molecule has 1 atom stereocenters. The van der Waals surface area contributed by atoms with E-state index >= 15 is 0 Å². The van der Waals surface area contributed by atoms with Crippen LogP contribution in [0.25, 0.3) is 0 Å². The van der Waals surface area contributed by atoms with Crippen LogP contribution in [-0.2, 0) is 10.0 Å². The highest BCUT2D eigenvalue weighted by molar-refractivity contribution is 7.89. The number of piperidine rings is 1. The summed E-state index contributed by atoms with van der Waals surface area (Å²) in [5, 5.41) is 3.48. The Hall–Kier alpha value is -0.0400.